The van der Waals surface area contributed by atoms with Gasteiger partial charge in [0.15, 0.2) is 6.10 Å². The fourth-order valence-electron chi connectivity index (χ4n) is 5.84. The number of ether oxygens (including phenoxy) is 2. The number of aliphatic hydroxyl groups is 3. The summed E-state index contributed by atoms with van der Waals surface area (Å²) >= 11 is 4.22. The number of nitrogens with zero attached hydrogens (tertiary/aromatic N) is 1. The Hall–Kier alpha value is -4.10. The number of aliphatic carboxylic acids is 1. The molecule has 53 heavy (non-hydrogen) atoms. The van der Waals surface area contributed by atoms with Crippen LogP contribution in [0.5, 0.6) is 0 Å². The molecule has 18 heteroatoms. The van der Waals surface area contributed by atoms with Crippen LogP contribution in [0.2, 0.25) is 0 Å². The van der Waals surface area contributed by atoms with Gasteiger partial charge in [-0.3, -0.25) is 33.7 Å². The molecule has 0 spiro atoms. The number of carbonyl (C=O) groups excluding carboxylic acids is 6. The molecular formula is C35H50N4O13S. The van der Waals surface area contributed by atoms with Gasteiger partial charge in [0, 0.05) is 18.0 Å². The lowest BCUT2D eigenvalue weighted by atomic mass is 9.91. The largest absolute Gasteiger partial charge is 0.479 e. The van der Waals surface area contributed by atoms with E-state index in [1.807, 2.05) is 0 Å². The summed E-state index contributed by atoms with van der Waals surface area (Å²) in [5, 5.41) is 48.0. The minimum Gasteiger partial charge on any atom is -0.479 e. The fourth-order valence-corrected chi connectivity index (χ4v) is 5.91. The van der Waals surface area contributed by atoms with E-state index in [1.54, 1.807) is 46.8 Å². The van der Waals surface area contributed by atoms with Crippen LogP contribution in [0.3, 0.4) is 0 Å². The molecule has 1 aromatic rings. The van der Waals surface area contributed by atoms with Gasteiger partial charge in [0.25, 0.3) is 0 Å². The van der Waals surface area contributed by atoms with Crippen LogP contribution in [0.25, 0.3) is 0 Å². The molecule has 2 aliphatic heterocycles. The van der Waals surface area contributed by atoms with Crippen LogP contribution >= 0.6 is 12.6 Å². The molecule has 17 nitrogen and oxygen atoms in total. The van der Waals surface area contributed by atoms with Crippen molar-refractivity contribution in [2.75, 3.05) is 11.9 Å². The Balaban J connectivity index is 1.71. The SMILES string of the molecule is CCC1CC(=O)N(CC(=O)N[C@H](C(=O)N[C@@H](C)C(=O)Nc2ccc(COC(=O)C(C)(C)S)c(CC[C@@H]3O[C@H](C(=O)O)[C@@H](O)[C@H](O)[C@H]3O)c2)C(C)C)C1=O. The quantitative estimate of drug-likeness (QED) is 0.0610. The number of hydrogen-bond donors (Lipinski definition) is 8. The number of carboxylic acid groups (broad SMARTS) is 1. The van der Waals surface area contributed by atoms with Gasteiger partial charge in [-0.2, -0.15) is 12.6 Å². The van der Waals surface area contributed by atoms with Crippen molar-refractivity contribution in [3.05, 3.63) is 29.3 Å². The Bertz CT molecular complexity index is 1560. The lowest BCUT2D eigenvalue weighted by molar-refractivity contribution is -0.228. The van der Waals surface area contributed by atoms with E-state index in [9.17, 15) is 54.0 Å². The molecule has 2 saturated heterocycles. The van der Waals surface area contributed by atoms with Crippen molar-refractivity contribution in [3.63, 3.8) is 0 Å². The first-order chi connectivity index (χ1) is 24.7. The molecule has 8 atom stereocenters. The number of amides is 5. The van der Waals surface area contributed by atoms with Crippen molar-refractivity contribution >= 4 is 59.8 Å². The van der Waals surface area contributed by atoms with Crippen molar-refractivity contribution in [3.8, 4) is 0 Å². The van der Waals surface area contributed by atoms with Gasteiger partial charge in [-0.15, -0.1) is 0 Å². The number of aliphatic hydroxyl groups excluding tert-OH is 3. The summed E-state index contributed by atoms with van der Waals surface area (Å²) in [5.74, 6) is -5.97. The number of imide groups is 1. The van der Waals surface area contributed by atoms with E-state index >= 15 is 0 Å². The molecule has 0 aliphatic carbocycles. The molecule has 7 N–H and O–H groups in total. The van der Waals surface area contributed by atoms with Crippen LogP contribution in [0, 0.1) is 11.8 Å². The molecule has 1 aromatic carbocycles. The van der Waals surface area contributed by atoms with E-state index in [2.05, 4.69) is 28.6 Å². The summed E-state index contributed by atoms with van der Waals surface area (Å²) in [5.41, 5.74) is 1.25. The first-order valence-corrected chi connectivity index (χ1v) is 17.8. The van der Waals surface area contributed by atoms with Gasteiger partial charge in [0.2, 0.25) is 29.5 Å². The Morgan fingerprint density at radius 2 is 1.66 bits per heavy atom. The van der Waals surface area contributed by atoms with Crippen molar-refractivity contribution in [1.29, 1.82) is 0 Å². The maximum absolute atomic E-state index is 13.2. The second-order valence-corrected chi connectivity index (χ2v) is 15.3. The normalized spacial score (nSPS) is 24.4. The van der Waals surface area contributed by atoms with Crippen LogP contribution in [-0.4, -0.2) is 121 Å². The summed E-state index contributed by atoms with van der Waals surface area (Å²) < 4.78 is 9.71. The molecule has 0 bridgehead atoms. The smallest absolute Gasteiger partial charge is 0.335 e. The Morgan fingerprint density at radius 1 is 1.00 bits per heavy atom. The molecular weight excluding hydrogens is 716 g/mol. The fraction of sp³-hybridized carbons (Fsp3) is 0.629. The van der Waals surface area contributed by atoms with Gasteiger partial charge in [-0.1, -0.05) is 26.8 Å². The summed E-state index contributed by atoms with van der Waals surface area (Å²) in [7, 11) is 0. The van der Waals surface area contributed by atoms with Crippen LogP contribution in [-0.2, 0) is 56.1 Å². The minimum absolute atomic E-state index is 0.0236. The molecule has 5 amide bonds. The number of benzene rings is 1. The summed E-state index contributed by atoms with van der Waals surface area (Å²) in [4.78, 5) is 88.8. The zero-order valence-electron chi connectivity index (χ0n) is 30.5. The Labute approximate surface area is 312 Å². The molecule has 2 fully saturated rings. The molecule has 2 heterocycles. The lowest BCUT2D eigenvalue weighted by Gasteiger charge is -2.39. The van der Waals surface area contributed by atoms with Gasteiger partial charge in [-0.05, 0) is 69.2 Å². The molecule has 2 aliphatic rings. The highest BCUT2D eigenvalue weighted by Crippen LogP contribution is 2.27. The number of nitrogens with one attached hydrogen (secondary N) is 3. The molecule has 0 radical (unpaired) electrons. The maximum Gasteiger partial charge on any atom is 0.335 e. The van der Waals surface area contributed by atoms with Crippen molar-refractivity contribution in [2.45, 2.75) is 121 Å². The van der Waals surface area contributed by atoms with E-state index in [-0.39, 0.29) is 31.6 Å². The standard InChI is InChI=1S/C35H50N4O13S/c1-7-18-13-24(41)39(32(18)47)14-23(40)38-25(16(2)3)31(46)36-17(4)30(45)37-21-10-8-20(15-51-34(50)35(5,6)53)19(12-21)9-11-22-26(42)27(43)28(44)29(52-22)33(48)49/h8,10,12,16-18,22,25-29,42-44,53H,7,9,11,13-15H2,1-6H3,(H,36,46)(H,37,45)(H,38,40)(H,48,49)/t17-,18?,22-,25-,26-,27+,28-,29-/m0/s1. The third-order valence-corrected chi connectivity index (χ3v) is 9.32. The topological polar surface area (TPSA) is 258 Å². The van der Waals surface area contributed by atoms with Crippen LogP contribution in [0.1, 0.15) is 71.9 Å². The van der Waals surface area contributed by atoms with Crippen LogP contribution in [0.4, 0.5) is 5.69 Å². The number of esters is 1. The minimum atomic E-state index is -1.86. The van der Waals surface area contributed by atoms with Gasteiger partial charge < -0.3 is 45.9 Å². The van der Waals surface area contributed by atoms with E-state index in [0.29, 0.717) is 17.5 Å². The third kappa shape index (κ3) is 11.2. The number of rotatable bonds is 16. The lowest BCUT2D eigenvalue weighted by Crippen LogP contribution is -2.59. The van der Waals surface area contributed by atoms with E-state index in [0.717, 1.165) is 4.90 Å². The predicted molar refractivity (Wildman–Crippen MR) is 190 cm³/mol. The third-order valence-electron chi connectivity index (χ3n) is 9.14. The molecule has 294 valence electrons. The van der Waals surface area contributed by atoms with E-state index in [1.165, 1.54) is 13.0 Å². The second-order valence-electron chi connectivity index (χ2n) is 14.2. The van der Waals surface area contributed by atoms with Gasteiger partial charge in [0.1, 0.15) is 48.3 Å². The summed E-state index contributed by atoms with van der Waals surface area (Å²) in [6.45, 7) is 8.92. The van der Waals surface area contributed by atoms with Gasteiger partial charge >= 0.3 is 11.9 Å². The average molecular weight is 767 g/mol. The number of carboxylic acids is 1. The molecule has 3 rings (SSSR count). The monoisotopic (exact) mass is 766 g/mol. The number of anilines is 1. The van der Waals surface area contributed by atoms with Gasteiger partial charge in [0.05, 0.1) is 6.10 Å². The van der Waals surface area contributed by atoms with E-state index < -0.39 is 107 Å². The molecule has 1 unspecified atom stereocenters. The highest BCUT2D eigenvalue weighted by molar-refractivity contribution is 7.82. The zero-order valence-corrected chi connectivity index (χ0v) is 31.4. The summed E-state index contributed by atoms with van der Waals surface area (Å²) in [6, 6.07) is 2.45. The highest BCUT2D eigenvalue weighted by Gasteiger charge is 2.46. The van der Waals surface area contributed by atoms with Crippen LogP contribution in [0.15, 0.2) is 18.2 Å². The Kier molecular flexibility index (Phi) is 14.9. The Morgan fingerprint density at radius 3 is 2.23 bits per heavy atom. The number of hydrogen-bond acceptors (Lipinski definition) is 13. The molecule has 0 saturated carbocycles. The number of aryl methyl sites for hydroxylation is 1. The molecule has 0 aromatic heterocycles. The summed E-state index contributed by atoms with van der Waals surface area (Å²) in [6.07, 6.45) is -7.72. The zero-order chi connectivity index (χ0) is 39.9. The number of likely N-dealkylation sites (tertiary alicyclic amines) is 1. The number of thiol groups is 1. The maximum atomic E-state index is 13.2. The predicted octanol–water partition coefficient (Wildman–Crippen LogP) is -0.325. The average Bonchev–Trinajstić information content (AvgIpc) is 3.35. The highest BCUT2D eigenvalue weighted by atomic mass is 32.1. The van der Waals surface area contributed by atoms with Crippen LogP contribution < -0.4 is 16.0 Å². The van der Waals surface area contributed by atoms with Crippen molar-refractivity contribution in [2.24, 2.45) is 11.8 Å². The first kappa shape index (κ1) is 43.3. The number of carbonyl (C=O) groups is 7. The second kappa shape index (κ2) is 18.3. The van der Waals surface area contributed by atoms with Crippen molar-refractivity contribution in [1.82, 2.24) is 15.5 Å². The van der Waals surface area contributed by atoms with E-state index in [4.69, 9.17) is 9.47 Å². The first-order valence-electron chi connectivity index (χ1n) is 17.3. The van der Waals surface area contributed by atoms with Crippen molar-refractivity contribution < 1.29 is 63.5 Å². The van der Waals surface area contributed by atoms with Gasteiger partial charge in [-0.25, -0.2) is 4.79 Å².